The smallest absolute Gasteiger partial charge is 0.326 e. The maximum atomic E-state index is 14.3. The lowest BCUT2D eigenvalue weighted by molar-refractivity contribution is -0.124. The molecule has 3 aliphatic heterocycles. The molecule has 0 atom stereocenters. The van der Waals surface area contributed by atoms with E-state index in [1.807, 2.05) is 33.0 Å². The number of ether oxygens (including phenoxy) is 2. The third-order valence-corrected chi connectivity index (χ3v) is 10.6. The molecule has 4 amide bonds. The Balaban J connectivity index is 0.943. The van der Waals surface area contributed by atoms with Gasteiger partial charge in [0.05, 0.1) is 11.8 Å². The molecule has 1 saturated carbocycles. The molecule has 0 unspecified atom stereocenters. The van der Waals surface area contributed by atoms with E-state index < -0.39 is 5.82 Å². The number of aromatic nitrogens is 3. The van der Waals surface area contributed by atoms with Crippen molar-refractivity contribution in [2.24, 2.45) is 5.41 Å². The summed E-state index contributed by atoms with van der Waals surface area (Å²) < 4.78 is 27.1. The molecule has 270 valence electrons. The minimum atomic E-state index is -0.509. The van der Waals surface area contributed by atoms with Crippen LogP contribution in [0.25, 0.3) is 0 Å². The third-order valence-electron chi connectivity index (χ3n) is 10.6. The second kappa shape index (κ2) is 14.0. The first-order valence-electron chi connectivity index (χ1n) is 17.8. The van der Waals surface area contributed by atoms with E-state index in [2.05, 4.69) is 24.8 Å². The average molecular weight is 701 g/mol. The van der Waals surface area contributed by atoms with Crippen molar-refractivity contribution in [2.75, 3.05) is 57.8 Å². The van der Waals surface area contributed by atoms with Gasteiger partial charge in [-0.15, -0.1) is 0 Å². The van der Waals surface area contributed by atoms with Gasteiger partial charge >= 0.3 is 6.03 Å². The molecule has 2 aromatic heterocycles. The van der Waals surface area contributed by atoms with E-state index in [-0.39, 0.29) is 53.3 Å². The van der Waals surface area contributed by atoms with E-state index >= 15 is 0 Å². The largest absolute Gasteiger partial charge is 0.490 e. The summed E-state index contributed by atoms with van der Waals surface area (Å²) in [7, 11) is 1.53. The number of hydrogen-bond acceptors (Lipinski definition) is 10. The molecule has 1 spiro atoms. The van der Waals surface area contributed by atoms with Crippen LogP contribution in [0.3, 0.4) is 0 Å². The number of carbonyl (C=O) groups is 3. The number of likely N-dealkylation sites (N-methyl/N-ethyl adjacent to an activating group) is 1. The summed E-state index contributed by atoms with van der Waals surface area (Å²) in [5, 5.41) is 0. The number of urea groups is 1. The van der Waals surface area contributed by atoms with Crippen molar-refractivity contribution in [1.82, 2.24) is 34.6 Å². The quantitative estimate of drug-likeness (QED) is 0.252. The summed E-state index contributed by atoms with van der Waals surface area (Å²) in [6.07, 6.45) is 8.46. The van der Waals surface area contributed by atoms with Crippen molar-refractivity contribution in [3.05, 3.63) is 65.6 Å². The van der Waals surface area contributed by atoms with E-state index in [0.29, 0.717) is 24.7 Å². The second-order valence-corrected chi connectivity index (χ2v) is 14.4. The minimum absolute atomic E-state index is 0.0539. The minimum Gasteiger partial charge on any atom is -0.490 e. The highest BCUT2D eigenvalue weighted by Gasteiger charge is 2.54. The molecule has 4 aliphatic rings. The molecule has 13 nitrogen and oxygen atoms in total. The predicted molar refractivity (Wildman–Crippen MR) is 186 cm³/mol. The number of halogens is 1. The standard InChI is InChI=1S/C37H45FN8O5/c1-5-46(24(2)3)35(48)27-15-25(38)7-8-30(27)51-32-18-39-23-41-34(32)45-21-37(22-45)16-26(17-37)50-31-9-11-40-29-10-14-43(19-28(29)31)12-6-13-44-20-33(47)42(4)36(44)49/h7-9,11,15,18,23-24,26H,5-6,10,12-14,16-17,19-22H2,1-4H3. The molecule has 0 bridgehead atoms. The van der Waals surface area contributed by atoms with Crippen molar-refractivity contribution in [1.29, 1.82) is 0 Å². The maximum absolute atomic E-state index is 14.3. The van der Waals surface area contributed by atoms with Crippen molar-refractivity contribution >= 4 is 23.7 Å². The number of hydrogen-bond donors (Lipinski definition) is 0. The van der Waals surface area contributed by atoms with Crippen LogP contribution in [0.5, 0.6) is 17.2 Å². The van der Waals surface area contributed by atoms with Gasteiger partial charge in [-0.05, 0) is 64.3 Å². The number of fused-ring (bicyclic) bond motifs is 1. The first-order chi connectivity index (χ1) is 24.5. The van der Waals surface area contributed by atoms with Gasteiger partial charge < -0.3 is 24.2 Å². The summed E-state index contributed by atoms with van der Waals surface area (Å²) in [5.41, 5.74) is 2.47. The Kier molecular flexibility index (Phi) is 9.53. The highest BCUT2D eigenvalue weighted by Crippen LogP contribution is 2.52. The van der Waals surface area contributed by atoms with Crippen molar-refractivity contribution in [3.8, 4) is 17.2 Å². The molecule has 14 heteroatoms. The van der Waals surface area contributed by atoms with Crippen LogP contribution in [-0.4, -0.2) is 117 Å². The predicted octanol–water partition coefficient (Wildman–Crippen LogP) is 4.36. The Morgan fingerprint density at radius 3 is 2.61 bits per heavy atom. The summed E-state index contributed by atoms with van der Waals surface area (Å²) >= 11 is 0. The zero-order valence-electron chi connectivity index (χ0n) is 29.7. The van der Waals surface area contributed by atoms with Gasteiger partial charge in [0.1, 0.15) is 36.3 Å². The monoisotopic (exact) mass is 700 g/mol. The number of amides is 4. The van der Waals surface area contributed by atoms with Gasteiger partial charge in [-0.25, -0.2) is 19.2 Å². The van der Waals surface area contributed by atoms with Crippen LogP contribution >= 0.6 is 0 Å². The Morgan fingerprint density at radius 1 is 1.08 bits per heavy atom. The SMILES string of the molecule is CCN(C(=O)c1cc(F)ccc1Oc1cncnc1N1CC2(CC(Oc3ccnc4c3CN(CCCN3CC(=O)N(C)C3=O)CC4)C2)C1)C(C)C. The number of imide groups is 1. The number of nitrogens with zero attached hydrogens (tertiary/aromatic N) is 8. The van der Waals surface area contributed by atoms with Crippen LogP contribution in [0.2, 0.25) is 0 Å². The Hall–Kier alpha value is -4.85. The lowest BCUT2D eigenvalue weighted by atomic mass is 9.61. The second-order valence-electron chi connectivity index (χ2n) is 14.4. The van der Waals surface area contributed by atoms with Gasteiger partial charge in [0, 0.05) is 88.2 Å². The van der Waals surface area contributed by atoms with Gasteiger partial charge in [-0.3, -0.25) is 24.4 Å². The van der Waals surface area contributed by atoms with Gasteiger partial charge in [-0.1, -0.05) is 0 Å². The van der Waals surface area contributed by atoms with Gasteiger partial charge in [0.25, 0.3) is 5.91 Å². The highest BCUT2D eigenvalue weighted by atomic mass is 19.1. The molecule has 3 fully saturated rings. The normalized spacial score (nSPS) is 18.6. The third kappa shape index (κ3) is 6.93. The molecule has 7 rings (SSSR count). The number of carbonyl (C=O) groups excluding carboxylic acids is 3. The number of pyridine rings is 1. The van der Waals surface area contributed by atoms with Crippen LogP contribution in [0.15, 0.2) is 43.0 Å². The molecular weight excluding hydrogens is 655 g/mol. The Labute approximate surface area is 297 Å². The van der Waals surface area contributed by atoms with E-state index in [0.717, 1.165) is 75.4 Å². The van der Waals surface area contributed by atoms with E-state index in [9.17, 15) is 18.8 Å². The molecule has 0 radical (unpaired) electrons. The number of anilines is 1. The van der Waals surface area contributed by atoms with E-state index in [4.69, 9.17) is 9.47 Å². The van der Waals surface area contributed by atoms with Crippen molar-refractivity contribution in [3.63, 3.8) is 0 Å². The summed E-state index contributed by atoms with van der Waals surface area (Å²) in [6.45, 7) is 11.0. The molecule has 51 heavy (non-hydrogen) atoms. The number of rotatable bonds is 12. The summed E-state index contributed by atoms with van der Waals surface area (Å²) in [6, 6.07) is 5.67. The average Bonchev–Trinajstić information content (AvgIpc) is 3.32. The first-order valence-corrected chi connectivity index (χ1v) is 17.8. The fraction of sp³-hybridized carbons (Fsp3) is 0.514. The molecular formula is C37H45FN8O5. The first kappa shape index (κ1) is 34.6. The summed E-state index contributed by atoms with van der Waals surface area (Å²) in [4.78, 5) is 59.8. The molecule has 2 saturated heterocycles. The molecule has 0 N–H and O–H groups in total. The fourth-order valence-corrected chi connectivity index (χ4v) is 7.82. The lowest BCUT2D eigenvalue weighted by Crippen LogP contribution is -2.65. The lowest BCUT2D eigenvalue weighted by Gasteiger charge is -2.59. The molecule has 1 aliphatic carbocycles. The fourth-order valence-electron chi connectivity index (χ4n) is 7.82. The van der Waals surface area contributed by atoms with Gasteiger partial charge in [0.2, 0.25) is 5.91 Å². The van der Waals surface area contributed by atoms with E-state index in [1.54, 1.807) is 16.0 Å². The van der Waals surface area contributed by atoms with Gasteiger partial charge in [0.15, 0.2) is 11.6 Å². The zero-order valence-corrected chi connectivity index (χ0v) is 29.7. The maximum Gasteiger partial charge on any atom is 0.326 e. The Morgan fingerprint density at radius 2 is 1.88 bits per heavy atom. The van der Waals surface area contributed by atoms with Crippen LogP contribution < -0.4 is 14.4 Å². The topological polar surface area (TPSA) is 125 Å². The van der Waals surface area contributed by atoms with Crippen LogP contribution in [0.4, 0.5) is 15.0 Å². The van der Waals surface area contributed by atoms with E-state index in [1.165, 1.54) is 36.5 Å². The van der Waals surface area contributed by atoms with Crippen LogP contribution in [0.1, 0.15) is 61.6 Å². The molecule has 1 aromatic carbocycles. The summed E-state index contributed by atoms with van der Waals surface area (Å²) in [5.74, 6) is 1.23. The van der Waals surface area contributed by atoms with Crippen molar-refractivity contribution < 1.29 is 28.2 Å². The van der Waals surface area contributed by atoms with Crippen LogP contribution in [-0.2, 0) is 17.8 Å². The van der Waals surface area contributed by atoms with Gasteiger partial charge in [-0.2, -0.15) is 0 Å². The zero-order chi connectivity index (χ0) is 35.9. The molecule has 3 aromatic rings. The number of benzene rings is 1. The molecule has 5 heterocycles. The van der Waals surface area contributed by atoms with Crippen molar-refractivity contribution in [2.45, 2.75) is 65.1 Å². The highest BCUT2D eigenvalue weighted by molar-refractivity contribution is 6.01. The Bertz CT molecular complexity index is 1810. The van der Waals surface area contributed by atoms with Crippen LogP contribution in [0, 0.1) is 11.2 Å².